The van der Waals surface area contributed by atoms with E-state index in [-0.39, 0.29) is 29.8 Å². The lowest BCUT2D eigenvalue weighted by molar-refractivity contribution is -0.322. The molecular formula is C27H36O6. The van der Waals surface area contributed by atoms with Crippen LogP contribution < -0.4 is 0 Å². The second kappa shape index (κ2) is 6.20. The van der Waals surface area contributed by atoms with E-state index in [4.69, 9.17) is 9.47 Å². The topological polar surface area (TPSA) is 96.2 Å². The minimum absolute atomic E-state index is 0.0725. The number of esters is 1. The fourth-order valence-electron chi connectivity index (χ4n) is 9.06. The van der Waals surface area contributed by atoms with Crippen LogP contribution in [-0.4, -0.2) is 51.0 Å². The van der Waals surface area contributed by atoms with E-state index in [2.05, 4.69) is 13.8 Å². The summed E-state index contributed by atoms with van der Waals surface area (Å²) in [6.07, 6.45) is -0.190. The normalized spacial score (nSPS) is 55.3. The van der Waals surface area contributed by atoms with Gasteiger partial charge in [0, 0.05) is 17.3 Å². The highest BCUT2D eigenvalue weighted by Crippen LogP contribution is 2.81. The molecule has 1 aromatic rings. The number of hydrogen-bond acceptors (Lipinski definition) is 6. The maximum absolute atomic E-state index is 13.0. The Labute approximate surface area is 195 Å². The van der Waals surface area contributed by atoms with Gasteiger partial charge < -0.3 is 24.8 Å². The van der Waals surface area contributed by atoms with Crippen LogP contribution in [0, 0.1) is 39.9 Å². The molecule has 4 aliphatic carbocycles. The van der Waals surface area contributed by atoms with Crippen LogP contribution in [0.15, 0.2) is 30.3 Å². The number of aliphatic hydroxyl groups is 3. The lowest BCUT2D eigenvalue weighted by Crippen LogP contribution is -2.68. The Balaban J connectivity index is 1.47. The van der Waals surface area contributed by atoms with Gasteiger partial charge in [0.25, 0.3) is 0 Å². The van der Waals surface area contributed by atoms with E-state index in [0.717, 1.165) is 12.8 Å². The van der Waals surface area contributed by atoms with Crippen LogP contribution in [0.3, 0.4) is 0 Å². The molecule has 1 aliphatic heterocycles. The van der Waals surface area contributed by atoms with Gasteiger partial charge in [-0.25, -0.2) is 4.79 Å². The third-order valence-electron chi connectivity index (χ3n) is 11.1. The fraction of sp³-hybridized carbons (Fsp3) is 0.741. The number of hydrogen-bond donors (Lipinski definition) is 3. The SMILES string of the molecule is C[C@H]1C[C@@]2(O)O[C@@H]3[C@@H]4[C@H](CC[C@@]5(C)[C@H](O)[C@@H]([C@H]1OC(=O)c1ccccc1)[C@]2(O)[C@@]35C)C4(C)C. The standard InChI is InChI=1S/C27H36O6/c1-14-13-26(30)27(31)18(19(14)32-22(29)15-9-7-6-8-10-15)20(28)24(4)12-11-16-17(23(16,2)3)21(33-26)25(24,27)5/h6-10,14,16-21,28,30-31H,11-13H2,1-5H3/t14-,16-,17-,18+,19-,20+,21+,24-,25-,26+,27-/m0/s1. The summed E-state index contributed by atoms with van der Waals surface area (Å²) in [5, 5.41) is 36.3. The number of benzene rings is 1. The summed E-state index contributed by atoms with van der Waals surface area (Å²) in [6.45, 7) is 10.4. The third kappa shape index (κ3) is 2.23. The van der Waals surface area contributed by atoms with Crippen molar-refractivity contribution in [3.05, 3.63) is 35.9 Å². The highest BCUT2D eigenvalue weighted by atomic mass is 16.7. The first-order chi connectivity index (χ1) is 15.3. The molecule has 1 saturated heterocycles. The minimum Gasteiger partial charge on any atom is -0.458 e. The average molecular weight is 457 g/mol. The number of fused-ring (bicyclic) bond motifs is 2. The first kappa shape index (κ1) is 22.0. The highest BCUT2D eigenvalue weighted by Gasteiger charge is 2.90. The van der Waals surface area contributed by atoms with Crippen LogP contribution >= 0.6 is 0 Å². The molecule has 0 radical (unpaired) electrons. The fourth-order valence-corrected chi connectivity index (χ4v) is 9.06. The number of ether oxygens (including phenoxy) is 2. The molecule has 4 saturated carbocycles. The number of aliphatic hydroxyl groups excluding tert-OH is 1. The monoisotopic (exact) mass is 456 g/mol. The molecule has 0 bridgehead atoms. The molecular weight excluding hydrogens is 420 g/mol. The zero-order valence-electron chi connectivity index (χ0n) is 20.1. The van der Waals surface area contributed by atoms with Gasteiger partial charge >= 0.3 is 5.97 Å². The first-order valence-corrected chi connectivity index (χ1v) is 12.4. The van der Waals surface area contributed by atoms with Crippen molar-refractivity contribution in [1.82, 2.24) is 0 Å². The largest absolute Gasteiger partial charge is 0.458 e. The molecule has 6 nitrogen and oxygen atoms in total. The minimum atomic E-state index is -1.79. The second-order valence-electron chi connectivity index (χ2n) is 12.6. The molecule has 0 unspecified atom stereocenters. The quantitative estimate of drug-likeness (QED) is 0.592. The number of carbonyl (C=O) groups is 1. The lowest BCUT2D eigenvalue weighted by atomic mass is 9.55. The van der Waals surface area contributed by atoms with Gasteiger partial charge in [0.1, 0.15) is 11.7 Å². The van der Waals surface area contributed by atoms with Crippen molar-refractivity contribution in [3.63, 3.8) is 0 Å². The Morgan fingerprint density at radius 2 is 1.76 bits per heavy atom. The van der Waals surface area contributed by atoms with Gasteiger partial charge in [0.2, 0.25) is 0 Å². The van der Waals surface area contributed by atoms with Crippen molar-refractivity contribution in [2.24, 2.45) is 39.9 Å². The Morgan fingerprint density at radius 1 is 1.09 bits per heavy atom. The van der Waals surface area contributed by atoms with Crippen molar-refractivity contribution < 1.29 is 29.6 Å². The van der Waals surface area contributed by atoms with E-state index in [1.807, 2.05) is 26.8 Å². The highest BCUT2D eigenvalue weighted by molar-refractivity contribution is 5.89. The van der Waals surface area contributed by atoms with E-state index in [1.54, 1.807) is 24.3 Å². The van der Waals surface area contributed by atoms with Crippen LogP contribution in [0.1, 0.15) is 64.2 Å². The Bertz CT molecular complexity index is 1010. The summed E-state index contributed by atoms with van der Waals surface area (Å²) in [7, 11) is 0. The van der Waals surface area contributed by atoms with Gasteiger partial charge in [-0.05, 0) is 48.1 Å². The summed E-state index contributed by atoms with van der Waals surface area (Å²) in [5.41, 5.74) is -2.76. The number of rotatable bonds is 2. The van der Waals surface area contributed by atoms with Gasteiger partial charge in [0.05, 0.1) is 23.7 Å². The van der Waals surface area contributed by atoms with E-state index in [0.29, 0.717) is 11.5 Å². The Morgan fingerprint density at radius 3 is 2.42 bits per heavy atom. The maximum Gasteiger partial charge on any atom is 0.338 e. The van der Waals surface area contributed by atoms with Gasteiger partial charge in [-0.1, -0.05) is 52.8 Å². The molecule has 0 aromatic heterocycles. The molecule has 0 amide bonds. The first-order valence-electron chi connectivity index (χ1n) is 12.4. The zero-order valence-corrected chi connectivity index (χ0v) is 20.1. The molecule has 3 N–H and O–H groups in total. The van der Waals surface area contributed by atoms with Crippen molar-refractivity contribution in [1.29, 1.82) is 0 Å². The Kier molecular flexibility index (Phi) is 4.14. The average Bonchev–Trinajstić information content (AvgIpc) is 3.24. The van der Waals surface area contributed by atoms with Crippen LogP contribution in [-0.2, 0) is 9.47 Å². The van der Waals surface area contributed by atoms with Gasteiger partial charge in [0.15, 0.2) is 5.79 Å². The Hall–Kier alpha value is -1.47. The maximum atomic E-state index is 13.0. The molecule has 5 fully saturated rings. The smallest absolute Gasteiger partial charge is 0.338 e. The van der Waals surface area contributed by atoms with Crippen molar-refractivity contribution in [2.75, 3.05) is 0 Å². The summed E-state index contributed by atoms with van der Waals surface area (Å²) in [6, 6.07) is 8.79. The predicted octanol–water partition coefficient (Wildman–Crippen LogP) is 3.14. The van der Waals surface area contributed by atoms with E-state index >= 15 is 0 Å². The molecule has 1 heterocycles. The van der Waals surface area contributed by atoms with Gasteiger partial charge in [-0.2, -0.15) is 0 Å². The molecule has 180 valence electrons. The van der Waals surface area contributed by atoms with Crippen molar-refractivity contribution >= 4 is 5.97 Å². The van der Waals surface area contributed by atoms with Crippen LogP contribution in [0.4, 0.5) is 0 Å². The molecule has 6 rings (SSSR count). The summed E-state index contributed by atoms with van der Waals surface area (Å²) in [5.74, 6) is -2.73. The lowest BCUT2D eigenvalue weighted by Gasteiger charge is -2.52. The predicted molar refractivity (Wildman–Crippen MR) is 120 cm³/mol. The van der Waals surface area contributed by atoms with Crippen molar-refractivity contribution in [2.45, 2.75) is 83.6 Å². The summed E-state index contributed by atoms with van der Waals surface area (Å²) >= 11 is 0. The van der Waals surface area contributed by atoms with Crippen LogP contribution in [0.2, 0.25) is 0 Å². The van der Waals surface area contributed by atoms with E-state index in [9.17, 15) is 20.1 Å². The molecule has 5 aliphatic rings. The van der Waals surface area contributed by atoms with E-state index in [1.165, 1.54) is 0 Å². The van der Waals surface area contributed by atoms with Gasteiger partial charge in [-0.15, -0.1) is 0 Å². The van der Waals surface area contributed by atoms with Gasteiger partial charge in [-0.3, -0.25) is 0 Å². The van der Waals surface area contributed by atoms with Crippen LogP contribution in [0.25, 0.3) is 0 Å². The molecule has 0 spiro atoms. The number of carbonyl (C=O) groups excluding carboxylic acids is 1. The zero-order chi connectivity index (χ0) is 23.8. The summed E-state index contributed by atoms with van der Waals surface area (Å²) in [4.78, 5) is 13.0. The van der Waals surface area contributed by atoms with E-state index < -0.39 is 46.3 Å². The molecule has 6 heteroatoms. The van der Waals surface area contributed by atoms with Crippen LogP contribution in [0.5, 0.6) is 0 Å². The third-order valence-corrected chi connectivity index (χ3v) is 11.1. The van der Waals surface area contributed by atoms with Crippen molar-refractivity contribution in [3.8, 4) is 0 Å². The molecule has 33 heavy (non-hydrogen) atoms. The molecule has 11 atom stereocenters. The summed E-state index contributed by atoms with van der Waals surface area (Å²) < 4.78 is 12.5. The molecule has 1 aromatic carbocycles. The second-order valence-corrected chi connectivity index (χ2v) is 12.6.